The van der Waals surface area contributed by atoms with Crippen molar-refractivity contribution >= 4 is 27.9 Å². The molecular weight excluding hydrogens is 437 g/mol. The van der Waals surface area contributed by atoms with Gasteiger partial charge in [-0.25, -0.2) is 14.1 Å². The average molecular weight is 460 g/mol. The van der Waals surface area contributed by atoms with Crippen LogP contribution in [0.5, 0.6) is 0 Å². The molecule has 166 valence electrons. The molecule has 5 rings (SSSR count). The van der Waals surface area contributed by atoms with Crippen LogP contribution in [0.2, 0.25) is 0 Å². The lowest BCUT2D eigenvalue weighted by Crippen LogP contribution is -2.16. The Balaban J connectivity index is 1.36. The summed E-state index contributed by atoms with van der Waals surface area (Å²) in [5.74, 6) is -0.408. The van der Waals surface area contributed by atoms with Crippen molar-refractivity contribution < 1.29 is 9.18 Å². The largest absolute Gasteiger partial charge is 0.323 e. The van der Waals surface area contributed by atoms with Gasteiger partial charge in [-0.3, -0.25) is 9.20 Å². The van der Waals surface area contributed by atoms with Crippen molar-refractivity contribution in [3.05, 3.63) is 88.6 Å². The number of carbonyl (C=O) groups excluding carboxylic acids is 1. The number of thiazole rings is 1. The van der Waals surface area contributed by atoms with Gasteiger partial charge in [0.2, 0.25) is 5.91 Å². The zero-order chi connectivity index (χ0) is 23.1. The number of nitrogens with one attached hydrogen (secondary N) is 1. The van der Waals surface area contributed by atoms with Crippen molar-refractivity contribution in [1.29, 1.82) is 0 Å². The molecule has 0 fully saturated rings. The van der Waals surface area contributed by atoms with Crippen molar-refractivity contribution in [1.82, 2.24) is 19.2 Å². The first-order valence-corrected chi connectivity index (χ1v) is 11.4. The van der Waals surface area contributed by atoms with Crippen LogP contribution in [0.4, 0.5) is 10.1 Å². The number of imidazole rings is 1. The lowest BCUT2D eigenvalue weighted by atomic mass is 10.2. The van der Waals surface area contributed by atoms with E-state index < -0.39 is 0 Å². The standard InChI is InChI=1S/C25H22FN5OS/c1-15-4-10-20(11-5-15)31-17(3)24(16(2)29-31)28-23(32)12-21-14-33-25-27-22(13-30(21)25)18-6-8-19(26)9-7-18/h4-11,13-14H,12H2,1-3H3,(H,28,32). The molecule has 1 N–H and O–H groups in total. The zero-order valence-electron chi connectivity index (χ0n) is 18.5. The summed E-state index contributed by atoms with van der Waals surface area (Å²) in [6.07, 6.45) is 2.08. The number of benzene rings is 2. The van der Waals surface area contributed by atoms with E-state index >= 15 is 0 Å². The third-order valence-electron chi connectivity index (χ3n) is 5.60. The molecule has 0 aliphatic carbocycles. The van der Waals surface area contributed by atoms with Crippen molar-refractivity contribution in [2.75, 3.05) is 5.32 Å². The molecule has 8 heteroatoms. The number of nitrogens with zero attached hydrogens (tertiary/aromatic N) is 4. The molecule has 0 atom stereocenters. The van der Waals surface area contributed by atoms with Gasteiger partial charge in [-0.15, -0.1) is 11.3 Å². The lowest BCUT2D eigenvalue weighted by Gasteiger charge is -2.07. The molecule has 0 saturated carbocycles. The van der Waals surface area contributed by atoms with Gasteiger partial charge in [0.1, 0.15) is 5.82 Å². The van der Waals surface area contributed by atoms with Gasteiger partial charge in [0.25, 0.3) is 0 Å². The summed E-state index contributed by atoms with van der Waals surface area (Å²) in [6, 6.07) is 14.3. The second-order valence-corrected chi connectivity index (χ2v) is 8.87. The molecule has 0 saturated heterocycles. The van der Waals surface area contributed by atoms with Crippen molar-refractivity contribution in [2.24, 2.45) is 0 Å². The minimum atomic E-state index is -0.284. The Morgan fingerprint density at radius 2 is 1.79 bits per heavy atom. The van der Waals surface area contributed by atoms with E-state index in [-0.39, 0.29) is 18.1 Å². The smallest absolute Gasteiger partial charge is 0.230 e. The molecule has 0 aliphatic heterocycles. The molecule has 1 amide bonds. The Morgan fingerprint density at radius 1 is 1.06 bits per heavy atom. The molecule has 0 unspecified atom stereocenters. The van der Waals surface area contributed by atoms with Crippen LogP contribution in [0.25, 0.3) is 21.9 Å². The van der Waals surface area contributed by atoms with Crippen LogP contribution < -0.4 is 5.32 Å². The first-order valence-electron chi connectivity index (χ1n) is 10.5. The SMILES string of the molecule is Cc1ccc(-n2nc(C)c(NC(=O)Cc3csc4nc(-c5ccc(F)cc5)cn34)c2C)cc1. The number of aromatic nitrogens is 4. The lowest BCUT2D eigenvalue weighted by molar-refractivity contribution is -0.115. The van der Waals surface area contributed by atoms with E-state index in [4.69, 9.17) is 0 Å². The third-order valence-corrected chi connectivity index (χ3v) is 6.49. The number of hydrogen-bond donors (Lipinski definition) is 1. The number of carbonyl (C=O) groups is 1. The highest BCUT2D eigenvalue weighted by Crippen LogP contribution is 2.26. The topological polar surface area (TPSA) is 64.2 Å². The average Bonchev–Trinajstić information content (AvgIpc) is 3.45. The predicted octanol–water partition coefficient (Wildman–Crippen LogP) is 5.49. The fourth-order valence-electron chi connectivity index (χ4n) is 3.83. The monoisotopic (exact) mass is 459 g/mol. The molecule has 0 aliphatic rings. The van der Waals surface area contributed by atoms with Crippen LogP contribution in [0.3, 0.4) is 0 Å². The molecule has 3 heterocycles. The summed E-state index contributed by atoms with van der Waals surface area (Å²) in [6.45, 7) is 5.88. The molecule has 0 bridgehead atoms. The fraction of sp³-hybridized carbons (Fsp3) is 0.160. The minimum Gasteiger partial charge on any atom is -0.323 e. The number of rotatable bonds is 5. The maximum absolute atomic E-state index is 13.2. The van der Waals surface area contributed by atoms with Gasteiger partial charge in [0.05, 0.1) is 34.9 Å². The highest BCUT2D eigenvalue weighted by molar-refractivity contribution is 7.15. The van der Waals surface area contributed by atoms with E-state index in [1.165, 1.54) is 29.0 Å². The summed E-state index contributed by atoms with van der Waals surface area (Å²) >= 11 is 1.47. The van der Waals surface area contributed by atoms with E-state index in [0.717, 1.165) is 44.7 Å². The first kappa shape index (κ1) is 21.1. The van der Waals surface area contributed by atoms with Crippen LogP contribution in [0.15, 0.2) is 60.1 Å². The van der Waals surface area contributed by atoms with Gasteiger partial charge in [0, 0.05) is 22.8 Å². The molecule has 5 aromatic rings. The molecule has 0 radical (unpaired) electrons. The van der Waals surface area contributed by atoms with Crippen LogP contribution in [0.1, 0.15) is 22.6 Å². The van der Waals surface area contributed by atoms with Crippen LogP contribution >= 0.6 is 11.3 Å². The quantitative estimate of drug-likeness (QED) is 0.378. The number of halogens is 1. The Labute approximate surface area is 194 Å². The predicted molar refractivity (Wildman–Crippen MR) is 129 cm³/mol. The van der Waals surface area contributed by atoms with Gasteiger partial charge >= 0.3 is 0 Å². The van der Waals surface area contributed by atoms with Gasteiger partial charge < -0.3 is 5.32 Å². The zero-order valence-corrected chi connectivity index (χ0v) is 19.3. The van der Waals surface area contributed by atoms with Crippen LogP contribution in [-0.4, -0.2) is 25.1 Å². The van der Waals surface area contributed by atoms with E-state index in [9.17, 15) is 9.18 Å². The first-order chi connectivity index (χ1) is 15.9. The van der Waals surface area contributed by atoms with Crippen molar-refractivity contribution in [3.63, 3.8) is 0 Å². The van der Waals surface area contributed by atoms with E-state index in [1.807, 2.05) is 65.7 Å². The van der Waals surface area contributed by atoms with Crippen molar-refractivity contribution in [3.8, 4) is 16.9 Å². The normalized spacial score (nSPS) is 11.3. The maximum Gasteiger partial charge on any atom is 0.230 e. The summed E-state index contributed by atoms with van der Waals surface area (Å²) in [4.78, 5) is 18.3. The number of anilines is 1. The van der Waals surface area contributed by atoms with Gasteiger partial charge in [0.15, 0.2) is 4.96 Å². The summed E-state index contributed by atoms with van der Waals surface area (Å²) in [5, 5.41) is 9.59. The number of hydrogen-bond acceptors (Lipinski definition) is 4. The minimum absolute atomic E-state index is 0.124. The Bertz CT molecular complexity index is 1460. The molecule has 0 spiro atoms. The third kappa shape index (κ3) is 4.05. The van der Waals surface area contributed by atoms with E-state index in [0.29, 0.717) is 0 Å². The molecule has 3 aromatic heterocycles. The van der Waals surface area contributed by atoms with Crippen molar-refractivity contribution in [2.45, 2.75) is 27.2 Å². The molecule has 6 nitrogen and oxygen atoms in total. The summed E-state index contributed by atoms with van der Waals surface area (Å²) < 4.78 is 17.0. The highest BCUT2D eigenvalue weighted by atomic mass is 32.1. The Morgan fingerprint density at radius 3 is 2.52 bits per heavy atom. The van der Waals surface area contributed by atoms with E-state index in [1.54, 1.807) is 12.1 Å². The molecule has 33 heavy (non-hydrogen) atoms. The number of fused-ring (bicyclic) bond motifs is 1. The van der Waals surface area contributed by atoms with E-state index in [2.05, 4.69) is 15.4 Å². The fourth-order valence-corrected chi connectivity index (χ4v) is 4.70. The maximum atomic E-state index is 13.2. The second-order valence-electron chi connectivity index (χ2n) is 8.03. The molecule has 2 aromatic carbocycles. The number of aryl methyl sites for hydroxylation is 2. The summed E-state index contributed by atoms with van der Waals surface area (Å²) in [5.41, 5.74) is 6.91. The van der Waals surface area contributed by atoms with Gasteiger partial charge in [-0.1, -0.05) is 17.7 Å². The number of amides is 1. The summed E-state index contributed by atoms with van der Waals surface area (Å²) in [7, 11) is 0. The van der Waals surface area contributed by atoms with Gasteiger partial charge in [-0.05, 0) is 57.2 Å². The highest BCUT2D eigenvalue weighted by Gasteiger charge is 2.17. The van der Waals surface area contributed by atoms with Crippen LogP contribution in [-0.2, 0) is 11.2 Å². The van der Waals surface area contributed by atoms with Crippen LogP contribution in [0, 0.1) is 26.6 Å². The second kappa shape index (κ2) is 8.29. The van der Waals surface area contributed by atoms with Gasteiger partial charge in [-0.2, -0.15) is 5.10 Å². The Kier molecular flexibility index (Phi) is 5.30. The molecular formula is C25H22FN5OS. The Hall–Kier alpha value is -3.78.